The molecule has 18 heavy (non-hydrogen) atoms. The van der Waals surface area contributed by atoms with Crippen molar-refractivity contribution >= 4 is 17.5 Å². The number of pyridine rings is 1. The first-order valence-electron chi connectivity index (χ1n) is 5.90. The fraction of sp³-hybridized carbons (Fsp3) is 0.538. The second-order valence-corrected chi connectivity index (χ2v) is 4.80. The van der Waals surface area contributed by atoms with Crippen molar-refractivity contribution in [3.8, 4) is 0 Å². The summed E-state index contributed by atoms with van der Waals surface area (Å²) in [6.45, 7) is 4.75. The molecule has 4 nitrogen and oxygen atoms in total. The van der Waals surface area contributed by atoms with Gasteiger partial charge in [-0.25, -0.2) is 0 Å². The summed E-state index contributed by atoms with van der Waals surface area (Å²) < 4.78 is 4.92. The number of nitrogens with zero attached hydrogens (tertiary/aromatic N) is 1. The number of ether oxygens (including phenoxy) is 1. The van der Waals surface area contributed by atoms with Gasteiger partial charge in [-0.3, -0.25) is 9.78 Å². The molecule has 1 aromatic rings. The molecule has 0 bridgehead atoms. The van der Waals surface area contributed by atoms with Gasteiger partial charge in [0, 0.05) is 19.3 Å². The van der Waals surface area contributed by atoms with E-state index in [0.29, 0.717) is 25.1 Å². The number of rotatable bonds is 6. The smallest absolute Gasteiger partial charge is 0.253 e. The summed E-state index contributed by atoms with van der Waals surface area (Å²) in [5.74, 6) is -0.110. The molecule has 0 spiro atoms. The number of methoxy groups -OCH3 is 1. The lowest BCUT2D eigenvalue weighted by molar-refractivity contribution is 0.0950. The third-order valence-corrected chi connectivity index (χ3v) is 2.90. The number of carbonyl (C=O) groups is 1. The van der Waals surface area contributed by atoms with Crippen LogP contribution in [0.15, 0.2) is 12.1 Å². The van der Waals surface area contributed by atoms with Crippen LogP contribution in [0.1, 0.15) is 28.2 Å². The molecular formula is C13H19ClN2O2. The minimum Gasteiger partial charge on any atom is -0.383 e. The summed E-state index contributed by atoms with van der Waals surface area (Å²) in [6, 6.07) is 3.62. The van der Waals surface area contributed by atoms with Crippen molar-refractivity contribution in [1.82, 2.24) is 10.3 Å². The zero-order valence-electron chi connectivity index (χ0n) is 11.0. The Kier molecular flexibility index (Phi) is 6.09. The first-order valence-corrected chi connectivity index (χ1v) is 6.33. The molecule has 0 fully saturated rings. The van der Waals surface area contributed by atoms with E-state index in [0.717, 1.165) is 11.4 Å². The number of nitrogens with one attached hydrogen (secondary N) is 1. The minimum absolute atomic E-state index is 0.0764. The lowest BCUT2D eigenvalue weighted by atomic mass is 10.1. The third-order valence-electron chi connectivity index (χ3n) is 2.56. The highest BCUT2D eigenvalue weighted by molar-refractivity contribution is 6.20. The fourth-order valence-electron chi connectivity index (χ4n) is 1.63. The first kappa shape index (κ1) is 14.9. The zero-order chi connectivity index (χ0) is 13.5. The molecule has 0 saturated heterocycles. The average Bonchev–Trinajstić information content (AvgIpc) is 2.29. The van der Waals surface area contributed by atoms with Crippen LogP contribution in [0.5, 0.6) is 0 Å². The van der Waals surface area contributed by atoms with Crippen molar-refractivity contribution in [2.24, 2.45) is 0 Å². The van der Waals surface area contributed by atoms with Crippen molar-refractivity contribution in [3.05, 3.63) is 29.1 Å². The van der Waals surface area contributed by atoms with Gasteiger partial charge in [0.15, 0.2) is 0 Å². The van der Waals surface area contributed by atoms with Crippen molar-refractivity contribution < 1.29 is 9.53 Å². The van der Waals surface area contributed by atoms with Gasteiger partial charge in [0.2, 0.25) is 0 Å². The van der Waals surface area contributed by atoms with Crippen LogP contribution in [0.4, 0.5) is 0 Å². The predicted octanol–water partition coefficient (Wildman–Crippen LogP) is 2.07. The number of amides is 1. The molecule has 0 radical (unpaired) electrons. The molecule has 1 N–H and O–H groups in total. The van der Waals surface area contributed by atoms with Crippen LogP contribution in [-0.2, 0) is 4.74 Å². The van der Waals surface area contributed by atoms with Gasteiger partial charge in [-0.2, -0.15) is 0 Å². The van der Waals surface area contributed by atoms with Gasteiger partial charge in [0.25, 0.3) is 5.91 Å². The van der Waals surface area contributed by atoms with Gasteiger partial charge in [0.05, 0.1) is 23.2 Å². The van der Waals surface area contributed by atoms with Crippen LogP contribution < -0.4 is 5.32 Å². The van der Waals surface area contributed by atoms with Crippen molar-refractivity contribution in [2.75, 3.05) is 20.3 Å². The maximum Gasteiger partial charge on any atom is 0.253 e. The summed E-state index contributed by atoms with van der Waals surface area (Å²) in [5.41, 5.74) is 2.26. The van der Waals surface area contributed by atoms with Crippen molar-refractivity contribution in [1.29, 1.82) is 0 Å². The SMILES string of the molecule is COCC(Cl)CCNC(=O)c1ccc(C)nc1C. The van der Waals surface area contributed by atoms with Crippen LogP contribution in [-0.4, -0.2) is 36.5 Å². The Morgan fingerprint density at radius 3 is 2.83 bits per heavy atom. The van der Waals surface area contributed by atoms with Gasteiger partial charge < -0.3 is 10.1 Å². The minimum atomic E-state index is -0.110. The van der Waals surface area contributed by atoms with E-state index >= 15 is 0 Å². The quantitative estimate of drug-likeness (QED) is 0.805. The Bertz CT molecular complexity index is 410. The molecule has 1 heterocycles. The van der Waals surface area contributed by atoms with Crippen LogP contribution in [0.25, 0.3) is 0 Å². The van der Waals surface area contributed by atoms with Crippen molar-refractivity contribution in [3.63, 3.8) is 0 Å². The second kappa shape index (κ2) is 7.34. The molecule has 0 aliphatic rings. The van der Waals surface area contributed by atoms with Crippen molar-refractivity contribution in [2.45, 2.75) is 25.6 Å². The number of aromatic nitrogens is 1. The Balaban J connectivity index is 2.45. The summed E-state index contributed by atoms with van der Waals surface area (Å²) in [5, 5.41) is 2.75. The molecule has 1 unspecified atom stereocenters. The number of halogens is 1. The topological polar surface area (TPSA) is 51.2 Å². The highest BCUT2D eigenvalue weighted by atomic mass is 35.5. The van der Waals surface area contributed by atoms with E-state index in [4.69, 9.17) is 16.3 Å². The normalized spacial score (nSPS) is 12.2. The maximum absolute atomic E-state index is 11.9. The standard InChI is InChI=1S/C13H19ClN2O2/c1-9-4-5-12(10(2)16-9)13(17)15-7-6-11(14)8-18-3/h4-5,11H,6-8H2,1-3H3,(H,15,17). The number of aryl methyl sites for hydroxylation is 2. The Morgan fingerprint density at radius 2 is 2.22 bits per heavy atom. The van der Waals surface area contributed by atoms with E-state index in [9.17, 15) is 4.79 Å². The summed E-state index contributed by atoms with van der Waals surface area (Å²) in [4.78, 5) is 16.2. The average molecular weight is 271 g/mol. The van der Waals surface area contributed by atoms with Crippen LogP contribution in [0.3, 0.4) is 0 Å². The van der Waals surface area contributed by atoms with Crippen LogP contribution in [0, 0.1) is 13.8 Å². The predicted molar refractivity (Wildman–Crippen MR) is 72.2 cm³/mol. The molecule has 1 rings (SSSR count). The van der Waals surface area contributed by atoms with E-state index in [-0.39, 0.29) is 11.3 Å². The molecule has 0 saturated carbocycles. The van der Waals surface area contributed by atoms with E-state index in [2.05, 4.69) is 10.3 Å². The van der Waals surface area contributed by atoms with Gasteiger partial charge in [-0.15, -0.1) is 11.6 Å². The largest absolute Gasteiger partial charge is 0.383 e. The molecule has 1 aromatic heterocycles. The molecule has 1 amide bonds. The van der Waals surface area contributed by atoms with Gasteiger partial charge in [-0.05, 0) is 32.4 Å². The van der Waals surface area contributed by atoms with Gasteiger partial charge in [-0.1, -0.05) is 0 Å². The number of hydrogen-bond acceptors (Lipinski definition) is 3. The Morgan fingerprint density at radius 1 is 1.50 bits per heavy atom. The highest BCUT2D eigenvalue weighted by Gasteiger charge is 2.10. The zero-order valence-corrected chi connectivity index (χ0v) is 11.8. The number of hydrogen-bond donors (Lipinski definition) is 1. The van der Waals surface area contributed by atoms with Gasteiger partial charge >= 0.3 is 0 Å². The summed E-state index contributed by atoms with van der Waals surface area (Å²) >= 11 is 5.97. The van der Waals surface area contributed by atoms with Gasteiger partial charge in [0.1, 0.15) is 0 Å². The Hall–Kier alpha value is -1.13. The van der Waals surface area contributed by atoms with E-state index < -0.39 is 0 Å². The molecule has 0 aliphatic carbocycles. The molecule has 0 aliphatic heterocycles. The highest BCUT2D eigenvalue weighted by Crippen LogP contribution is 2.07. The summed E-state index contributed by atoms with van der Waals surface area (Å²) in [7, 11) is 1.61. The Labute approximate surface area is 113 Å². The molecule has 5 heteroatoms. The molecule has 0 aromatic carbocycles. The van der Waals surface area contributed by atoms with E-state index in [1.807, 2.05) is 19.9 Å². The van der Waals surface area contributed by atoms with E-state index in [1.54, 1.807) is 13.2 Å². The van der Waals surface area contributed by atoms with E-state index in [1.165, 1.54) is 0 Å². The lowest BCUT2D eigenvalue weighted by Gasteiger charge is -2.10. The maximum atomic E-state index is 11.9. The first-order chi connectivity index (χ1) is 8.54. The monoisotopic (exact) mass is 270 g/mol. The third kappa shape index (κ3) is 4.63. The number of alkyl halides is 1. The lowest BCUT2D eigenvalue weighted by Crippen LogP contribution is -2.27. The molecular weight excluding hydrogens is 252 g/mol. The number of carbonyl (C=O) groups excluding carboxylic acids is 1. The molecule has 100 valence electrons. The summed E-state index contributed by atoms with van der Waals surface area (Å²) in [6.07, 6.45) is 0.680. The van der Waals surface area contributed by atoms with Crippen LogP contribution >= 0.6 is 11.6 Å². The fourth-order valence-corrected chi connectivity index (χ4v) is 1.86. The molecule has 1 atom stereocenters. The second-order valence-electron chi connectivity index (χ2n) is 4.18. The van der Waals surface area contributed by atoms with Crippen LogP contribution in [0.2, 0.25) is 0 Å².